The maximum absolute atomic E-state index is 12.3. The first kappa shape index (κ1) is 17.7. The van der Waals surface area contributed by atoms with Crippen LogP contribution in [-0.4, -0.2) is 23.5 Å². The number of carbonyl (C=O) groups is 1. The smallest absolute Gasteiger partial charge is 0.251 e. The molecule has 1 heterocycles. The van der Waals surface area contributed by atoms with Crippen molar-refractivity contribution in [3.8, 4) is 0 Å². The Kier molecular flexibility index (Phi) is 6.93. The quantitative estimate of drug-likeness (QED) is 0.872. The van der Waals surface area contributed by atoms with Gasteiger partial charge in [-0.05, 0) is 31.4 Å². The van der Waals surface area contributed by atoms with Gasteiger partial charge in [-0.1, -0.05) is 43.7 Å². The van der Waals surface area contributed by atoms with Gasteiger partial charge in [0.15, 0.2) is 0 Å². The summed E-state index contributed by atoms with van der Waals surface area (Å²) < 4.78 is 0. The van der Waals surface area contributed by atoms with Crippen LogP contribution in [0.25, 0.3) is 0 Å². The molecule has 1 aromatic carbocycles. The fourth-order valence-corrected chi connectivity index (χ4v) is 2.57. The third kappa shape index (κ3) is 4.08. The lowest BCUT2D eigenvalue weighted by Gasteiger charge is -2.27. The number of amides is 1. The van der Waals surface area contributed by atoms with Gasteiger partial charge in [-0.3, -0.25) is 10.1 Å². The summed E-state index contributed by atoms with van der Waals surface area (Å²) >= 11 is 0. The van der Waals surface area contributed by atoms with Gasteiger partial charge in [0, 0.05) is 18.7 Å². The molecule has 0 spiro atoms. The third-order valence-electron chi connectivity index (χ3n) is 3.99. The van der Waals surface area contributed by atoms with Crippen molar-refractivity contribution in [1.82, 2.24) is 10.2 Å². The van der Waals surface area contributed by atoms with Crippen LogP contribution in [0.5, 0.6) is 0 Å². The Morgan fingerprint density at radius 3 is 2.48 bits per heavy atom. The van der Waals surface area contributed by atoms with Crippen LogP contribution in [0.4, 0.5) is 0 Å². The molecular weight excluding hydrogens is 284 g/mol. The van der Waals surface area contributed by atoms with E-state index in [2.05, 4.69) is 31.3 Å². The minimum atomic E-state index is 0. The van der Waals surface area contributed by atoms with E-state index in [0.29, 0.717) is 0 Å². The number of benzene rings is 1. The Hall–Kier alpha value is -1.32. The van der Waals surface area contributed by atoms with Crippen LogP contribution < -0.4 is 5.32 Å². The summed E-state index contributed by atoms with van der Waals surface area (Å²) in [5.41, 5.74) is 3.29. The Balaban J connectivity index is 0.00000220. The van der Waals surface area contributed by atoms with Crippen LogP contribution in [0.3, 0.4) is 0 Å². The van der Waals surface area contributed by atoms with Crippen molar-refractivity contribution in [2.45, 2.75) is 46.3 Å². The van der Waals surface area contributed by atoms with E-state index in [4.69, 9.17) is 0 Å². The number of halogens is 1. The number of unbranched alkanes of at least 4 members (excludes halogenated alkanes) is 1. The molecule has 21 heavy (non-hydrogen) atoms. The molecule has 1 unspecified atom stereocenters. The topological polar surface area (TPSA) is 32.3 Å². The minimum absolute atomic E-state index is 0. The highest BCUT2D eigenvalue weighted by molar-refractivity contribution is 5.96. The second-order valence-corrected chi connectivity index (χ2v) is 5.43. The highest BCUT2D eigenvalue weighted by Crippen LogP contribution is 2.24. The molecule has 2 rings (SSSR count). The van der Waals surface area contributed by atoms with E-state index >= 15 is 0 Å². The molecule has 1 aromatic rings. The molecule has 0 fully saturated rings. The van der Waals surface area contributed by atoms with Crippen molar-refractivity contribution in [2.75, 3.05) is 6.54 Å². The summed E-state index contributed by atoms with van der Waals surface area (Å²) in [5.74, 6) is 0.182. The molecule has 0 aliphatic carbocycles. The van der Waals surface area contributed by atoms with E-state index in [0.717, 1.165) is 37.1 Å². The van der Waals surface area contributed by atoms with Gasteiger partial charge in [0.2, 0.25) is 0 Å². The van der Waals surface area contributed by atoms with Crippen LogP contribution in [0, 0.1) is 0 Å². The lowest BCUT2D eigenvalue weighted by Crippen LogP contribution is -2.45. The summed E-state index contributed by atoms with van der Waals surface area (Å²) in [4.78, 5) is 14.2. The molecule has 1 amide bonds. The van der Waals surface area contributed by atoms with Gasteiger partial charge < -0.3 is 4.90 Å². The second kappa shape index (κ2) is 8.20. The molecule has 0 saturated carbocycles. The zero-order valence-electron chi connectivity index (χ0n) is 13.1. The molecule has 4 heteroatoms. The average molecular weight is 309 g/mol. The largest absolute Gasteiger partial charge is 0.319 e. The molecule has 0 radical (unpaired) electrons. The Bertz CT molecular complexity index is 499. The fourth-order valence-electron chi connectivity index (χ4n) is 2.57. The SMILES string of the molecule is CCCCN1C(=O)C(C)=C(C)C1NCc1ccccc1.Cl. The number of carbonyl (C=O) groups excluding carboxylic acids is 1. The first-order valence-electron chi connectivity index (χ1n) is 7.40. The van der Waals surface area contributed by atoms with Gasteiger partial charge in [0.1, 0.15) is 6.17 Å². The molecule has 1 aliphatic rings. The number of nitrogens with zero attached hydrogens (tertiary/aromatic N) is 1. The third-order valence-corrected chi connectivity index (χ3v) is 3.99. The molecule has 0 bridgehead atoms. The van der Waals surface area contributed by atoms with Crippen molar-refractivity contribution in [1.29, 1.82) is 0 Å². The zero-order chi connectivity index (χ0) is 14.5. The average Bonchev–Trinajstić information content (AvgIpc) is 2.68. The summed E-state index contributed by atoms with van der Waals surface area (Å²) in [6.07, 6.45) is 2.21. The van der Waals surface area contributed by atoms with Gasteiger partial charge >= 0.3 is 0 Å². The van der Waals surface area contributed by atoms with Crippen molar-refractivity contribution in [2.24, 2.45) is 0 Å². The minimum Gasteiger partial charge on any atom is -0.319 e. The molecule has 0 aromatic heterocycles. The van der Waals surface area contributed by atoms with Crippen molar-refractivity contribution in [3.63, 3.8) is 0 Å². The monoisotopic (exact) mass is 308 g/mol. The number of hydrogen-bond donors (Lipinski definition) is 1. The van der Waals surface area contributed by atoms with E-state index in [1.54, 1.807) is 0 Å². The van der Waals surface area contributed by atoms with Crippen LogP contribution in [0.15, 0.2) is 41.5 Å². The fraction of sp³-hybridized carbons (Fsp3) is 0.471. The predicted molar refractivity (Wildman–Crippen MR) is 89.3 cm³/mol. The number of rotatable bonds is 6. The first-order chi connectivity index (χ1) is 9.65. The summed E-state index contributed by atoms with van der Waals surface area (Å²) in [6.45, 7) is 7.76. The summed E-state index contributed by atoms with van der Waals surface area (Å²) in [5, 5.41) is 3.51. The zero-order valence-corrected chi connectivity index (χ0v) is 13.9. The molecule has 3 nitrogen and oxygen atoms in total. The number of hydrogen-bond acceptors (Lipinski definition) is 2. The van der Waals surface area contributed by atoms with Crippen LogP contribution in [0.1, 0.15) is 39.2 Å². The summed E-state index contributed by atoms with van der Waals surface area (Å²) in [6, 6.07) is 10.3. The number of nitrogens with one attached hydrogen (secondary N) is 1. The molecule has 116 valence electrons. The highest BCUT2D eigenvalue weighted by atomic mass is 35.5. The van der Waals surface area contributed by atoms with Crippen molar-refractivity contribution < 1.29 is 4.79 Å². The van der Waals surface area contributed by atoms with E-state index in [1.807, 2.05) is 30.0 Å². The lowest BCUT2D eigenvalue weighted by molar-refractivity contribution is -0.127. The van der Waals surface area contributed by atoms with E-state index in [-0.39, 0.29) is 24.5 Å². The van der Waals surface area contributed by atoms with Gasteiger partial charge in [-0.15, -0.1) is 12.4 Å². The Morgan fingerprint density at radius 1 is 1.19 bits per heavy atom. The molecular formula is C17H25ClN2O. The van der Waals surface area contributed by atoms with E-state index < -0.39 is 0 Å². The van der Waals surface area contributed by atoms with Crippen LogP contribution in [0.2, 0.25) is 0 Å². The Morgan fingerprint density at radius 2 is 1.86 bits per heavy atom. The lowest BCUT2D eigenvalue weighted by atomic mass is 10.1. The van der Waals surface area contributed by atoms with Crippen LogP contribution >= 0.6 is 12.4 Å². The summed E-state index contributed by atoms with van der Waals surface area (Å²) in [7, 11) is 0. The van der Waals surface area contributed by atoms with Gasteiger partial charge in [0.05, 0.1) is 0 Å². The van der Waals surface area contributed by atoms with Gasteiger partial charge in [-0.25, -0.2) is 0 Å². The van der Waals surface area contributed by atoms with Gasteiger partial charge in [-0.2, -0.15) is 0 Å². The highest BCUT2D eigenvalue weighted by Gasteiger charge is 2.33. The maximum Gasteiger partial charge on any atom is 0.251 e. The molecule has 0 saturated heterocycles. The van der Waals surface area contributed by atoms with Crippen molar-refractivity contribution >= 4 is 18.3 Å². The van der Waals surface area contributed by atoms with E-state index in [9.17, 15) is 4.79 Å². The first-order valence-corrected chi connectivity index (χ1v) is 7.40. The Labute approximate surface area is 133 Å². The van der Waals surface area contributed by atoms with E-state index in [1.165, 1.54) is 5.56 Å². The van der Waals surface area contributed by atoms with Crippen molar-refractivity contribution in [3.05, 3.63) is 47.0 Å². The van der Waals surface area contributed by atoms with Gasteiger partial charge in [0.25, 0.3) is 5.91 Å². The predicted octanol–water partition coefficient (Wildman–Crippen LogP) is 3.50. The standard InChI is InChI=1S/C17H24N2O.ClH/c1-4-5-11-19-16(13(2)14(3)17(19)20)18-12-15-9-7-6-8-10-15;/h6-10,16,18H,4-5,11-12H2,1-3H3;1H. The molecule has 1 atom stereocenters. The van der Waals surface area contributed by atoms with Crippen LogP contribution in [-0.2, 0) is 11.3 Å². The molecule has 1 N–H and O–H groups in total. The maximum atomic E-state index is 12.3. The normalized spacial score (nSPS) is 18.1. The molecule has 1 aliphatic heterocycles. The second-order valence-electron chi connectivity index (χ2n) is 5.43.